The van der Waals surface area contributed by atoms with Crippen molar-refractivity contribution in [1.29, 1.82) is 0 Å². The molecule has 4 heteroatoms. The van der Waals surface area contributed by atoms with E-state index in [-0.39, 0.29) is 5.91 Å². The lowest BCUT2D eigenvalue weighted by molar-refractivity contribution is 0.0946. The zero-order valence-corrected chi connectivity index (χ0v) is 15.6. The lowest BCUT2D eigenvalue weighted by Crippen LogP contribution is -2.26. The number of anilines is 2. The standard InChI is InChI=1S/C23H23N3O/c1-16-6-5-7-18(12-16)15-25-23(27)21-14-20(10-11-24-21)26-17(2)13-19-8-3-4-9-22(19)26/h3-12,14,17H,13,15H2,1-2H3,(H,25,27). The molecule has 1 amide bonds. The normalized spacial score (nSPS) is 15.5. The molecule has 2 aromatic carbocycles. The molecule has 4 rings (SSSR count). The van der Waals surface area contributed by atoms with Gasteiger partial charge in [-0.25, -0.2) is 0 Å². The van der Waals surface area contributed by atoms with Crippen LogP contribution in [0.5, 0.6) is 0 Å². The van der Waals surface area contributed by atoms with E-state index in [4.69, 9.17) is 0 Å². The van der Waals surface area contributed by atoms with Crippen molar-refractivity contribution in [2.45, 2.75) is 32.9 Å². The molecule has 0 bridgehead atoms. The minimum Gasteiger partial charge on any atom is -0.347 e. The van der Waals surface area contributed by atoms with Crippen molar-refractivity contribution >= 4 is 17.3 Å². The summed E-state index contributed by atoms with van der Waals surface area (Å²) in [6.07, 6.45) is 2.72. The molecular formula is C23H23N3O. The number of para-hydroxylation sites is 1. The first-order valence-electron chi connectivity index (χ1n) is 9.29. The molecule has 1 N–H and O–H groups in total. The molecule has 0 spiro atoms. The Bertz CT molecular complexity index is 983. The van der Waals surface area contributed by atoms with E-state index in [2.05, 4.69) is 52.5 Å². The van der Waals surface area contributed by atoms with Crippen molar-refractivity contribution in [1.82, 2.24) is 10.3 Å². The number of aromatic nitrogens is 1. The summed E-state index contributed by atoms with van der Waals surface area (Å²) in [5.74, 6) is -0.154. The van der Waals surface area contributed by atoms with Gasteiger partial charge in [0.05, 0.1) is 0 Å². The number of aryl methyl sites for hydroxylation is 1. The third kappa shape index (κ3) is 3.56. The fraction of sp³-hybridized carbons (Fsp3) is 0.217. The molecule has 136 valence electrons. The van der Waals surface area contributed by atoms with Gasteiger partial charge >= 0.3 is 0 Å². The molecule has 1 aromatic heterocycles. The fourth-order valence-electron chi connectivity index (χ4n) is 3.75. The van der Waals surface area contributed by atoms with E-state index in [9.17, 15) is 4.79 Å². The second-order valence-electron chi connectivity index (χ2n) is 7.12. The van der Waals surface area contributed by atoms with Crippen molar-refractivity contribution in [3.05, 3.63) is 89.2 Å². The maximum atomic E-state index is 12.6. The van der Waals surface area contributed by atoms with Crippen LogP contribution in [-0.2, 0) is 13.0 Å². The van der Waals surface area contributed by atoms with Gasteiger partial charge in [0.1, 0.15) is 5.69 Å². The largest absolute Gasteiger partial charge is 0.347 e. The summed E-state index contributed by atoms with van der Waals surface area (Å²) < 4.78 is 0. The highest BCUT2D eigenvalue weighted by Gasteiger charge is 2.27. The summed E-state index contributed by atoms with van der Waals surface area (Å²) in [5.41, 5.74) is 6.26. The number of nitrogens with one attached hydrogen (secondary N) is 1. The number of hydrogen-bond donors (Lipinski definition) is 1. The van der Waals surface area contributed by atoms with E-state index in [1.165, 1.54) is 16.8 Å². The molecule has 1 aliphatic rings. The highest BCUT2D eigenvalue weighted by atomic mass is 16.1. The Balaban J connectivity index is 1.53. The van der Waals surface area contributed by atoms with E-state index in [1.54, 1.807) is 6.20 Å². The van der Waals surface area contributed by atoms with Crippen molar-refractivity contribution in [3.8, 4) is 0 Å². The van der Waals surface area contributed by atoms with Crippen LogP contribution in [0.15, 0.2) is 66.9 Å². The number of pyridine rings is 1. The molecule has 1 unspecified atom stereocenters. The highest BCUT2D eigenvalue weighted by molar-refractivity contribution is 5.93. The lowest BCUT2D eigenvalue weighted by Gasteiger charge is -2.25. The van der Waals surface area contributed by atoms with Crippen LogP contribution in [0.3, 0.4) is 0 Å². The van der Waals surface area contributed by atoms with Gasteiger partial charge in [-0.15, -0.1) is 0 Å². The molecule has 2 heterocycles. The smallest absolute Gasteiger partial charge is 0.270 e. The zero-order valence-electron chi connectivity index (χ0n) is 15.6. The predicted octanol–water partition coefficient (Wildman–Crippen LogP) is 4.40. The summed E-state index contributed by atoms with van der Waals surface area (Å²) in [7, 11) is 0. The Kier molecular flexibility index (Phi) is 4.63. The first kappa shape index (κ1) is 17.3. The van der Waals surface area contributed by atoms with Crippen molar-refractivity contribution in [2.75, 3.05) is 4.90 Å². The number of carbonyl (C=O) groups is 1. The van der Waals surface area contributed by atoms with E-state index in [0.29, 0.717) is 18.3 Å². The Morgan fingerprint density at radius 1 is 1.15 bits per heavy atom. The van der Waals surface area contributed by atoms with Crippen LogP contribution in [0.1, 0.15) is 34.1 Å². The minimum absolute atomic E-state index is 0.154. The molecule has 0 saturated heterocycles. The maximum Gasteiger partial charge on any atom is 0.270 e. The van der Waals surface area contributed by atoms with Crippen LogP contribution in [0, 0.1) is 6.92 Å². The van der Waals surface area contributed by atoms with Gasteiger partial charge in [-0.3, -0.25) is 9.78 Å². The first-order valence-corrected chi connectivity index (χ1v) is 9.29. The summed E-state index contributed by atoms with van der Waals surface area (Å²) >= 11 is 0. The number of rotatable bonds is 4. The van der Waals surface area contributed by atoms with Gasteiger partial charge in [0, 0.05) is 30.2 Å². The van der Waals surface area contributed by atoms with Gasteiger partial charge in [-0.05, 0) is 49.6 Å². The van der Waals surface area contributed by atoms with Gasteiger partial charge in [-0.2, -0.15) is 0 Å². The summed E-state index contributed by atoms with van der Waals surface area (Å²) in [6, 6.07) is 20.8. The maximum absolute atomic E-state index is 12.6. The van der Waals surface area contributed by atoms with Crippen LogP contribution in [0.4, 0.5) is 11.4 Å². The zero-order chi connectivity index (χ0) is 18.8. The number of amides is 1. The van der Waals surface area contributed by atoms with E-state index < -0.39 is 0 Å². The highest BCUT2D eigenvalue weighted by Crippen LogP contribution is 2.37. The number of nitrogens with zero attached hydrogens (tertiary/aromatic N) is 2. The molecule has 0 fully saturated rings. The molecule has 1 atom stereocenters. The fourth-order valence-corrected chi connectivity index (χ4v) is 3.75. The Hall–Kier alpha value is -3.14. The van der Waals surface area contributed by atoms with Crippen LogP contribution < -0.4 is 10.2 Å². The first-order chi connectivity index (χ1) is 13.1. The Morgan fingerprint density at radius 3 is 2.85 bits per heavy atom. The van der Waals surface area contributed by atoms with Crippen molar-refractivity contribution < 1.29 is 4.79 Å². The third-order valence-corrected chi connectivity index (χ3v) is 5.00. The molecule has 4 nitrogen and oxygen atoms in total. The van der Waals surface area contributed by atoms with Gasteiger partial charge < -0.3 is 10.2 Å². The van der Waals surface area contributed by atoms with Crippen LogP contribution in [0.2, 0.25) is 0 Å². The monoisotopic (exact) mass is 357 g/mol. The van der Waals surface area contributed by atoms with Crippen LogP contribution >= 0.6 is 0 Å². The second kappa shape index (κ2) is 7.23. The molecule has 0 radical (unpaired) electrons. The van der Waals surface area contributed by atoms with Gasteiger partial charge in [0.2, 0.25) is 0 Å². The van der Waals surface area contributed by atoms with Gasteiger partial charge in [0.25, 0.3) is 5.91 Å². The van der Waals surface area contributed by atoms with Crippen LogP contribution in [0.25, 0.3) is 0 Å². The topological polar surface area (TPSA) is 45.2 Å². The average molecular weight is 357 g/mol. The molecule has 0 aliphatic carbocycles. The summed E-state index contributed by atoms with van der Waals surface area (Å²) in [4.78, 5) is 19.2. The lowest BCUT2D eigenvalue weighted by atomic mass is 10.1. The third-order valence-electron chi connectivity index (χ3n) is 5.00. The molecule has 27 heavy (non-hydrogen) atoms. The Morgan fingerprint density at radius 2 is 2.00 bits per heavy atom. The number of hydrogen-bond acceptors (Lipinski definition) is 3. The molecule has 0 saturated carbocycles. The average Bonchev–Trinajstić information content (AvgIpc) is 3.02. The van der Waals surface area contributed by atoms with Gasteiger partial charge in [-0.1, -0.05) is 48.0 Å². The second-order valence-corrected chi connectivity index (χ2v) is 7.12. The van der Waals surface area contributed by atoms with Crippen LogP contribution in [-0.4, -0.2) is 16.9 Å². The van der Waals surface area contributed by atoms with Crippen molar-refractivity contribution in [2.24, 2.45) is 0 Å². The number of carbonyl (C=O) groups excluding carboxylic acids is 1. The minimum atomic E-state index is -0.154. The summed E-state index contributed by atoms with van der Waals surface area (Å²) in [5, 5.41) is 2.97. The molecular weight excluding hydrogens is 334 g/mol. The van der Waals surface area contributed by atoms with E-state index in [1.807, 2.05) is 37.3 Å². The van der Waals surface area contributed by atoms with Gasteiger partial charge in [0.15, 0.2) is 0 Å². The number of benzene rings is 2. The Labute approximate surface area is 159 Å². The summed E-state index contributed by atoms with van der Waals surface area (Å²) in [6.45, 7) is 4.75. The number of fused-ring (bicyclic) bond motifs is 1. The SMILES string of the molecule is Cc1cccc(CNC(=O)c2cc(N3c4ccccc4CC3C)ccn2)c1. The molecule has 3 aromatic rings. The molecule has 1 aliphatic heterocycles. The van der Waals surface area contributed by atoms with E-state index in [0.717, 1.165) is 17.7 Å². The predicted molar refractivity (Wildman–Crippen MR) is 108 cm³/mol. The van der Waals surface area contributed by atoms with E-state index >= 15 is 0 Å². The van der Waals surface area contributed by atoms with Crippen molar-refractivity contribution in [3.63, 3.8) is 0 Å². The quantitative estimate of drug-likeness (QED) is 0.753.